The number of allylic oxidation sites excluding steroid dienone is 4. The molecule has 4 saturated heterocycles. The van der Waals surface area contributed by atoms with E-state index in [2.05, 4.69) is 74.0 Å². The van der Waals surface area contributed by atoms with Gasteiger partial charge in [-0.05, 0) is 113 Å². The SMILES string of the molecule is C.CCOC1C=C2CCC(CO)[NH+]2C(C(=O)OC)=C1OC.CI.COC(=O)c1oc(CCC(C)CO)cc(=O)c1OC.COC(=O)c1oc(CCC2COC(C)(C)N2C(=O)OC(C)(C)C)cc(=O)c1O.COC(=O)c1oc(CCC2COC(C)(C)N2C(=O)OC(C)(C)C)cc(=O)c1OC.COC1=C(C(=O)CCCCl)[NH+]2C(=CC1=O)CCC2CO.FF.II.NCCCl.[HH]. The molecule has 724 valence electrons. The van der Waals surface area contributed by atoms with E-state index in [1.807, 2.05) is 24.9 Å². The molecule has 8 N–H and O–H groups in total. The van der Waals surface area contributed by atoms with Gasteiger partial charge in [-0.3, -0.25) is 43.6 Å². The predicted octanol–water partition coefficient (Wildman–Crippen LogP) is 10.2. The molecule has 6 aliphatic heterocycles. The van der Waals surface area contributed by atoms with E-state index in [0.29, 0.717) is 99.6 Å². The fourth-order valence-electron chi connectivity index (χ4n) is 13.5. The quantitative estimate of drug-likeness (QED) is 0.0161. The molecular formula is C84H130Cl2F2I3N5O31+2. The third-order valence-electron chi connectivity index (χ3n) is 19.1. The average molecular weight is 2200 g/mol. The van der Waals surface area contributed by atoms with Gasteiger partial charge in [-0.15, -0.1) is 23.2 Å². The Morgan fingerprint density at radius 3 is 1.39 bits per heavy atom. The fraction of sp³-hybridized carbons (Fsp3) is 0.631. The number of aliphatic hydroxyl groups is 3. The molecular weight excluding hydrogens is 2060 g/mol. The number of carbonyl (C=O) groups excluding carboxylic acids is 8. The van der Waals surface area contributed by atoms with Crippen molar-refractivity contribution in [2.75, 3.05) is 120 Å². The number of methoxy groups -OCH3 is 8. The lowest BCUT2D eigenvalue weighted by Gasteiger charge is -2.35. The number of alkyl halides is 3. The van der Waals surface area contributed by atoms with Crippen LogP contribution in [0.4, 0.5) is 18.7 Å². The number of ketones is 2. The van der Waals surface area contributed by atoms with E-state index in [1.54, 1.807) is 74.1 Å². The first-order valence-electron chi connectivity index (χ1n) is 39.7. The molecule has 43 heteroatoms. The van der Waals surface area contributed by atoms with Gasteiger partial charge in [0.15, 0.2) is 5.76 Å². The van der Waals surface area contributed by atoms with Gasteiger partial charge in [0.2, 0.25) is 56.6 Å². The summed E-state index contributed by atoms with van der Waals surface area (Å²) in [5, 5.41) is 37.6. The van der Waals surface area contributed by atoms with Gasteiger partial charge in [0, 0.05) is 161 Å². The van der Waals surface area contributed by atoms with Crippen LogP contribution in [0.2, 0.25) is 0 Å². The van der Waals surface area contributed by atoms with Crippen LogP contribution >= 0.6 is 83.0 Å². The maximum absolute atomic E-state index is 12.7. The number of fused-ring (bicyclic) bond motifs is 2. The van der Waals surface area contributed by atoms with E-state index in [-0.39, 0.29) is 130 Å². The molecule has 9 heterocycles. The Kier molecular flexibility index (Phi) is 55.9. The Morgan fingerprint density at radius 2 is 1.02 bits per heavy atom. The summed E-state index contributed by atoms with van der Waals surface area (Å²) < 4.78 is 99.3. The Bertz CT molecular complexity index is 4360. The standard InChI is InChI=1S/C20H29NO8.C19H27NO8.C14H18ClNO4.C14H21NO5.C13H18O6.C2H6ClN.CH3I.CH4.F2.I2.H2/c1-19(2,3)29-18(24)21-12(11-27-20(21,4)5)8-9-13-10-14(22)15(25-6)16(28-13)17(23)26-7;1-18(2,3)28-17(24)20-11(10-26-19(20,4)5)7-8-12-9-13(21)14(22)15(27-12)16(23)25-6;1-20-14-12(19)7-9-4-5-10(8-17)16(9)13(14)11(18)3-2-6-15;1-4-20-11-7-9-5-6-10(8-16)15(9)12(13(11)18-2)14(17)19-3;1-8(7-14)4-5-9-6-10(15)11(17-2)12(19-9)13(16)18-3;3-1-2-4;1-2;;2*1-2;/h10,12H,8-9,11H2,1-7H3;9,11,22H,7-8,10H2,1-6H3;7,10,17H,2-6,8H2,1H3;7,10-11,16H,4-6,8H2,1-3H3;6,8,14H,4-5,7H2,1-3H3;1-2,4H2;1H3;1H4;;;1H/p+2. The number of aromatic hydroxyl groups is 1. The summed E-state index contributed by atoms with van der Waals surface area (Å²) in [6.45, 7) is 23.4. The van der Waals surface area contributed by atoms with Gasteiger partial charge in [0.25, 0.3) is 23.0 Å². The number of hydrogen-bond donors (Lipinski definition) is 7. The van der Waals surface area contributed by atoms with Gasteiger partial charge in [0.05, 0.1) is 95.4 Å². The van der Waals surface area contributed by atoms with Crippen molar-refractivity contribution in [1.29, 1.82) is 0 Å². The molecule has 0 radical (unpaired) electrons. The second-order valence-electron chi connectivity index (χ2n) is 30.8. The van der Waals surface area contributed by atoms with Crippen LogP contribution in [-0.4, -0.2) is 251 Å². The Hall–Kier alpha value is -7.16. The monoisotopic (exact) mass is 2190 g/mol. The summed E-state index contributed by atoms with van der Waals surface area (Å²) in [5.74, 6) is -3.09. The molecule has 0 saturated carbocycles. The number of halogens is 7. The molecule has 0 aliphatic carbocycles. The molecule has 4 fully saturated rings. The molecule has 3 aromatic rings. The minimum Gasteiger partial charge on any atom is -0.501 e. The summed E-state index contributed by atoms with van der Waals surface area (Å²) in [5.41, 5.74) is 2.97. The predicted molar refractivity (Wildman–Crippen MR) is 491 cm³/mol. The normalized spacial score (nSPS) is 19.1. The van der Waals surface area contributed by atoms with Crippen LogP contribution in [0, 0.1) is 5.92 Å². The van der Waals surface area contributed by atoms with Crippen molar-refractivity contribution < 1.29 is 154 Å². The highest BCUT2D eigenvalue weighted by atomic mass is 128. The van der Waals surface area contributed by atoms with Gasteiger partial charge >= 0.3 is 36.1 Å². The second kappa shape index (κ2) is 59.3. The maximum atomic E-state index is 12.7. The third kappa shape index (κ3) is 35.5. The first-order chi connectivity index (χ1) is 59.5. The van der Waals surface area contributed by atoms with Crippen molar-refractivity contribution >= 4 is 131 Å². The van der Waals surface area contributed by atoms with Crippen LogP contribution in [0.1, 0.15) is 199 Å². The summed E-state index contributed by atoms with van der Waals surface area (Å²) in [6.07, 6.45) is 8.64. The zero-order valence-electron chi connectivity index (χ0n) is 75.1. The summed E-state index contributed by atoms with van der Waals surface area (Å²) in [4.78, 5) is 140. The maximum Gasteiger partial charge on any atom is 0.412 e. The third-order valence-corrected chi connectivity index (χ3v) is 19.6. The van der Waals surface area contributed by atoms with E-state index in [9.17, 15) is 68.1 Å². The minimum atomic E-state index is -0.947. The Balaban J connectivity index is 0. The molecule has 2 amide bonds. The van der Waals surface area contributed by atoms with Crippen molar-refractivity contribution in [2.24, 2.45) is 11.7 Å². The number of hydrogen-bond acceptors (Lipinski definition) is 32. The lowest BCUT2D eigenvalue weighted by molar-refractivity contribution is -0.836. The average Bonchev–Trinajstić information content (AvgIpc) is 1.56. The number of esters is 4. The smallest absolute Gasteiger partial charge is 0.412 e. The van der Waals surface area contributed by atoms with E-state index in [1.165, 1.54) is 72.9 Å². The van der Waals surface area contributed by atoms with Crippen molar-refractivity contribution in [1.82, 2.24) is 9.80 Å². The highest BCUT2D eigenvalue weighted by molar-refractivity contribution is 15.0. The number of quaternary nitrogens is 2. The number of carbonyl (C=O) groups is 8. The lowest BCUT2D eigenvalue weighted by atomic mass is 10.0. The molecule has 9 rings (SSSR count). The number of nitrogens with one attached hydrogen (secondary N) is 2. The number of aryl methyl sites for hydroxylation is 3. The zero-order valence-corrected chi connectivity index (χ0v) is 83.1. The van der Waals surface area contributed by atoms with Crippen LogP contribution in [0.15, 0.2) is 92.3 Å². The van der Waals surface area contributed by atoms with Crippen molar-refractivity contribution in [3.63, 3.8) is 0 Å². The summed E-state index contributed by atoms with van der Waals surface area (Å²) in [6, 6.07) is 2.94. The molecule has 0 aromatic carbocycles. The first kappa shape index (κ1) is 120. The first-order valence-corrected chi connectivity index (χ1v) is 49.2. The van der Waals surface area contributed by atoms with Crippen molar-refractivity contribution in [3.05, 3.63) is 130 Å². The van der Waals surface area contributed by atoms with Crippen LogP contribution in [0.5, 0.6) is 17.2 Å². The van der Waals surface area contributed by atoms with E-state index < -0.39 is 86.5 Å². The Morgan fingerprint density at radius 1 is 0.622 bits per heavy atom. The van der Waals surface area contributed by atoms with Gasteiger partial charge < -0.3 is 101 Å². The molecule has 6 aliphatic rings. The number of nitrogens with zero attached hydrogens (tertiary/aromatic N) is 2. The number of amides is 2. The van der Waals surface area contributed by atoms with Crippen molar-refractivity contribution in [3.8, 4) is 17.2 Å². The number of aliphatic hydroxyl groups excluding tert-OH is 3. The summed E-state index contributed by atoms with van der Waals surface area (Å²) in [7, 11) is 10.3. The number of Topliss-reactive ketones (excluding diaryl/α,β-unsaturated/α-hetero) is 1. The number of nitrogens with two attached hydrogens (primary N) is 1. The molecule has 8 atom stereocenters. The van der Waals surface area contributed by atoms with Crippen LogP contribution in [0.25, 0.3) is 0 Å². The molecule has 36 nitrogen and oxygen atoms in total. The lowest BCUT2D eigenvalue weighted by Crippen LogP contribution is -3.12. The topological polar surface area (TPSA) is 469 Å². The van der Waals surface area contributed by atoms with Gasteiger partial charge in [-0.25, -0.2) is 28.8 Å². The molecule has 127 heavy (non-hydrogen) atoms. The highest BCUT2D eigenvalue weighted by Gasteiger charge is 2.50. The van der Waals surface area contributed by atoms with E-state index >= 15 is 0 Å². The van der Waals surface area contributed by atoms with E-state index in [4.69, 9.17) is 104 Å². The van der Waals surface area contributed by atoms with E-state index in [0.717, 1.165) is 60.1 Å². The van der Waals surface area contributed by atoms with Gasteiger partial charge in [0.1, 0.15) is 69.5 Å². The molecule has 8 unspecified atom stereocenters. The molecule has 3 aromatic heterocycles. The highest BCUT2D eigenvalue weighted by Crippen LogP contribution is 2.35. The zero-order chi connectivity index (χ0) is 96.5. The van der Waals surface area contributed by atoms with Crippen LogP contribution < -0.4 is 41.3 Å². The van der Waals surface area contributed by atoms with Gasteiger partial charge in [-0.2, -0.15) is 0 Å². The number of ether oxygens (including phenoxy) is 13. The molecule has 0 bridgehead atoms. The fourth-order valence-corrected chi connectivity index (χ4v) is 13.6. The van der Waals surface area contributed by atoms with Gasteiger partial charge in [-0.1, -0.05) is 36.9 Å². The minimum absolute atomic E-state index is 0. The summed E-state index contributed by atoms with van der Waals surface area (Å²) >= 11 is 17.1. The van der Waals surface area contributed by atoms with Crippen molar-refractivity contribution in [2.45, 2.75) is 220 Å². The number of rotatable bonds is 27. The second-order valence-corrected chi connectivity index (χ2v) is 31.6. The van der Waals surface area contributed by atoms with Crippen LogP contribution in [0.3, 0.4) is 0 Å². The molecule has 0 spiro atoms. The largest absolute Gasteiger partial charge is 0.501 e. The van der Waals surface area contributed by atoms with Crippen LogP contribution in [-0.2, 0) is 85.8 Å². The Labute approximate surface area is 787 Å².